The van der Waals surface area contributed by atoms with Crippen LogP contribution in [0.2, 0.25) is 0 Å². The molecule has 7 nitrogen and oxygen atoms in total. The van der Waals surface area contributed by atoms with E-state index in [4.69, 9.17) is 0 Å². The summed E-state index contributed by atoms with van der Waals surface area (Å²) in [7, 11) is 0. The molecule has 2 amide bonds. The Labute approximate surface area is 161 Å². The third-order valence-corrected chi connectivity index (χ3v) is 5.82. The van der Waals surface area contributed by atoms with Gasteiger partial charge in [0, 0.05) is 56.6 Å². The van der Waals surface area contributed by atoms with E-state index in [0.29, 0.717) is 6.54 Å². The number of carbonyl (C=O) groups excluding carboxylic acids is 2. The molecular weight excluding hydrogens is 342 g/mol. The Kier molecular flexibility index (Phi) is 6.42. The summed E-state index contributed by atoms with van der Waals surface area (Å²) in [4.78, 5) is 39.4. The van der Waals surface area contributed by atoms with Gasteiger partial charge in [-0.1, -0.05) is 0 Å². The van der Waals surface area contributed by atoms with Crippen LogP contribution in [0.3, 0.4) is 0 Å². The first-order valence-electron chi connectivity index (χ1n) is 10.0. The lowest BCUT2D eigenvalue weighted by molar-refractivity contribution is -0.134. The van der Waals surface area contributed by atoms with E-state index in [2.05, 4.69) is 28.7 Å². The third-order valence-electron chi connectivity index (χ3n) is 5.82. The lowest BCUT2D eigenvalue weighted by Crippen LogP contribution is -2.44. The Morgan fingerprint density at radius 3 is 2.56 bits per heavy atom. The van der Waals surface area contributed by atoms with Crippen molar-refractivity contribution in [2.75, 3.05) is 19.6 Å². The van der Waals surface area contributed by atoms with Crippen LogP contribution >= 0.6 is 0 Å². The monoisotopic (exact) mass is 373 g/mol. The number of likely N-dealkylation sites (tertiary alicyclic amines) is 2. The molecule has 0 N–H and O–H groups in total. The van der Waals surface area contributed by atoms with E-state index in [0.717, 1.165) is 50.9 Å². The molecule has 27 heavy (non-hydrogen) atoms. The van der Waals surface area contributed by atoms with Gasteiger partial charge in [0.05, 0.1) is 6.04 Å². The molecule has 1 aromatic rings. The van der Waals surface area contributed by atoms with Gasteiger partial charge < -0.3 is 9.80 Å². The van der Waals surface area contributed by atoms with Crippen LogP contribution in [0.15, 0.2) is 18.7 Å². The third kappa shape index (κ3) is 4.64. The van der Waals surface area contributed by atoms with E-state index in [1.165, 1.54) is 6.33 Å². The zero-order chi connectivity index (χ0) is 19.4. The van der Waals surface area contributed by atoms with Crippen LogP contribution in [0.25, 0.3) is 0 Å². The first kappa shape index (κ1) is 19.7. The van der Waals surface area contributed by atoms with Crippen molar-refractivity contribution in [2.45, 2.75) is 71.1 Å². The Bertz CT molecular complexity index is 651. The van der Waals surface area contributed by atoms with E-state index in [1.807, 2.05) is 9.80 Å². The normalized spacial score (nSPS) is 24.3. The SMILES string of the molecule is CC(=O)N(Cc1cncnc1)[C@H]1CCCN([C@H]2CCN(C(C)C)C2=O)CC1. The molecule has 2 aliphatic rings. The summed E-state index contributed by atoms with van der Waals surface area (Å²) in [6, 6.07) is 0.480. The van der Waals surface area contributed by atoms with E-state index >= 15 is 0 Å². The largest absolute Gasteiger partial charge is 0.339 e. The minimum atomic E-state index is 0.0134. The molecular formula is C20H31N5O2. The quantitative estimate of drug-likeness (QED) is 0.786. The van der Waals surface area contributed by atoms with Crippen LogP contribution in [-0.2, 0) is 16.1 Å². The Morgan fingerprint density at radius 1 is 1.19 bits per heavy atom. The number of hydrogen-bond acceptors (Lipinski definition) is 5. The van der Waals surface area contributed by atoms with E-state index < -0.39 is 0 Å². The topological polar surface area (TPSA) is 69.6 Å². The zero-order valence-corrected chi connectivity index (χ0v) is 16.7. The fourth-order valence-electron chi connectivity index (χ4n) is 4.37. The molecule has 2 atom stereocenters. The summed E-state index contributed by atoms with van der Waals surface area (Å²) >= 11 is 0. The van der Waals surface area contributed by atoms with Crippen LogP contribution in [-0.4, -0.2) is 74.2 Å². The first-order valence-corrected chi connectivity index (χ1v) is 10.0. The molecule has 0 radical (unpaired) electrons. The standard InChI is InChI=1S/C20H31N5O2/c1-15(2)24-10-7-19(20(24)27)23-8-4-5-18(6-9-23)25(16(3)26)13-17-11-21-14-22-12-17/h11-12,14-15,18-19H,4-10,13H2,1-3H3/t18-,19-/m0/s1. The molecule has 2 saturated heterocycles. The number of rotatable bonds is 5. The van der Waals surface area contributed by atoms with Crippen molar-refractivity contribution in [3.05, 3.63) is 24.3 Å². The fraction of sp³-hybridized carbons (Fsp3) is 0.700. The predicted molar refractivity (Wildman–Crippen MR) is 103 cm³/mol. The van der Waals surface area contributed by atoms with Gasteiger partial charge in [0.25, 0.3) is 0 Å². The second-order valence-corrected chi connectivity index (χ2v) is 7.94. The van der Waals surface area contributed by atoms with Gasteiger partial charge in [0.15, 0.2) is 0 Å². The van der Waals surface area contributed by atoms with Gasteiger partial charge in [0.1, 0.15) is 6.33 Å². The summed E-state index contributed by atoms with van der Waals surface area (Å²) in [5.74, 6) is 0.355. The molecule has 0 saturated carbocycles. The van der Waals surface area contributed by atoms with Gasteiger partial charge >= 0.3 is 0 Å². The highest BCUT2D eigenvalue weighted by molar-refractivity contribution is 5.84. The smallest absolute Gasteiger partial charge is 0.240 e. The minimum Gasteiger partial charge on any atom is -0.339 e. The van der Waals surface area contributed by atoms with Crippen molar-refractivity contribution >= 4 is 11.8 Å². The van der Waals surface area contributed by atoms with Crippen LogP contribution in [0.4, 0.5) is 0 Å². The van der Waals surface area contributed by atoms with Gasteiger partial charge in [-0.2, -0.15) is 0 Å². The van der Waals surface area contributed by atoms with Crippen LogP contribution in [0.1, 0.15) is 52.0 Å². The molecule has 3 rings (SSSR count). The fourth-order valence-corrected chi connectivity index (χ4v) is 4.37. The predicted octanol–water partition coefficient (Wildman–Crippen LogP) is 1.69. The highest BCUT2D eigenvalue weighted by atomic mass is 16.2. The van der Waals surface area contributed by atoms with Crippen molar-refractivity contribution in [1.82, 2.24) is 24.7 Å². The lowest BCUT2D eigenvalue weighted by Gasteiger charge is -2.31. The van der Waals surface area contributed by atoms with Crippen molar-refractivity contribution < 1.29 is 9.59 Å². The molecule has 0 bridgehead atoms. The summed E-state index contributed by atoms with van der Waals surface area (Å²) in [5.41, 5.74) is 0.951. The van der Waals surface area contributed by atoms with Gasteiger partial charge in [-0.25, -0.2) is 9.97 Å². The second kappa shape index (κ2) is 8.78. The molecule has 2 aliphatic heterocycles. The first-order chi connectivity index (χ1) is 13.0. The van der Waals surface area contributed by atoms with Gasteiger partial charge in [-0.15, -0.1) is 0 Å². The molecule has 0 aromatic carbocycles. The maximum Gasteiger partial charge on any atom is 0.240 e. The Balaban J connectivity index is 1.63. The van der Waals surface area contributed by atoms with Crippen LogP contribution in [0, 0.1) is 0 Å². The van der Waals surface area contributed by atoms with Gasteiger partial charge in [-0.3, -0.25) is 14.5 Å². The highest BCUT2D eigenvalue weighted by Gasteiger charge is 2.38. The molecule has 1 aromatic heterocycles. The zero-order valence-electron chi connectivity index (χ0n) is 16.7. The summed E-state index contributed by atoms with van der Waals surface area (Å²) in [5, 5.41) is 0. The number of amides is 2. The number of carbonyl (C=O) groups is 2. The molecule has 3 heterocycles. The molecule has 2 fully saturated rings. The van der Waals surface area contributed by atoms with E-state index in [-0.39, 0.29) is 29.9 Å². The molecule has 0 unspecified atom stereocenters. The second-order valence-electron chi connectivity index (χ2n) is 7.94. The van der Waals surface area contributed by atoms with Crippen LogP contribution in [0.5, 0.6) is 0 Å². The van der Waals surface area contributed by atoms with Gasteiger partial charge in [0.2, 0.25) is 11.8 Å². The van der Waals surface area contributed by atoms with E-state index in [1.54, 1.807) is 19.3 Å². The van der Waals surface area contributed by atoms with Crippen LogP contribution < -0.4 is 0 Å². The molecule has 0 aliphatic carbocycles. The summed E-state index contributed by atoms with van der Waals surface area (Å²) in [6.45, 7) is 8.99. The Morgan fingerprint density at radius 2 is 1.93 bits per heavy atom. The van der Waals surface area contributed by atoms with Crippen molar-refractivity contribution in [3.63, 3.8) is 0 Å². The highest BCUT2D eigenvalue weighted by Crippen LogP contribution is 2.25. The number of nitrogens with zero attached hydrogens (tertiary/aromatic N) is 5. The molecule has 0 spiro atoms. The lowest BCUT2D eigenvalue weighted by atomic mass is 10.1. The van der Waals surface area contributed by atoms with Gasteiger partial charge in [-0.05, 0) is 46.1 Å². The van der Waals surface area contributed by atoms with Crippen molar-refractivity contribution in [2.24, 2.45) is 0 Å². The molecule has 7 heteroatoms. The maximum absolute atomic E-state index is 12.7. The average molecular weight is 374 g/mol. The summed E-state index contributed by atoms with van der Waals surface area (Å²) in [6.07, 6.45) is 8.83. The summed E-state index contributed by atoms with van der Waals surface area (Å²) < 4.78 is 0. The average Bonchev–Trinajstić information content (AvgIpc) is 2.87. The van der Waals surface area contributed by atoms with Crippen molar-refractivity contribution in [1.29, 1.82) is 0 Å². The maximum atomic E-state index is 12.7. The minimum absolute atomic E-state index is 0.0134. The number of hydrogen-bond donors (Lipinski definition) is 0. The van der Waals surface area contributed by atoms with Crippen molar-refractivity contribution in [3.8, 4) is 0 Å². The van der Waals surface area contributed by atoms with E-state index in [9.17, 15) is 9.59 Å². The molecule has 148 valence electrons. The number of aromatic nitrogens is 2. The Hall–Kier alpha value is -2.02.